The maximum Gasteiger partial charge on any atom is 0.319 e. The van der Waals surface area contributed by atoms with E-state index in [4.69, 9.17) is 4.74 Å². The molecule has 1 spiro atoms. The van der Waals surface area contributed by atoms with Crippen molar-refractivity contribution in [3.63, 3.8) is 0 Å². The number of rotatable bonds is 2. The summed E-state index contributed by atoms with van der Waals surface area (Å²) >= 11 is 1.73. The lowest BCUT2D eigenvalue weighted by molar-refractivity contribution is -0.142. The zero-order valence-electron chi connectivity index (χ0n) is 10.5. The molecule has 96 valence electrons. The van der Waals surface area contributed by atoms with E-state index >= 15 is 0 Å². The Morgan fingerprint density at radius 2 is 2.50 bits per heavy atom. The van der Waals surface area contributed by atoms with Crippen LogP contribution in [0.5, 0.6) is 0 Å². The van der Waals surface area contributed by atoms with Crippen LogP contribution in [-0.2, 0) is 9.53 Å². The van der Waals surface area contributed by atoms with Crippen LogP contribution in [0.4, 0.5) is 0 Å². The zero-order chi connectivity index (χ0) is 12.6. The third-order valence-electron chi connectivity index (χ3n) is 3.86. The molecule has 3 rings (SSSR count). The Kier molecular flexibility index (Phi) is 3.06. The summed E-state index contributed by atoms with van der Waals surface area (Å²) in [5.74, 6) is 0.458. The lowest BCUT2D eigenvalue weighted by atomic mass is 9.78. The van der Waals surface area contributed by atoms with E-state index in [-0.39, 0.29) is 16.0 Å². The predicted octanol–water partition coefficient (Wildman–Crippen LogP) is 2.38. The van der Waals surface area contributed by atoms with Gasteiger partial charge < -0.3 is 4.74 Å². The largest absolute Gasteiger partial charge is 0.465 e. The number of nitrogens with zero attached hydrogens (tertiary/aromatic N) is 1. The molecule has 2 aliphatic heterocycles. The van der Waals surface area contributed by atoms with Gasteiger partial charge in [-0.05, 0) is 31.8 Å². The molecule has 0 radical (unpaired) electrons. The van der Waals surface area contributed by atoms with E-state index in [1.807, 2.05) is 13.0 Å². The molecule has 0 aromatic rings. The van der Waals surface area contributed by atoms with Crippen LogP contribution in [0.25, 0.3) is 0 Å². The van der Waals surface area contributed by atoms with E-state index in [0.29, 0.717) is 12.5 Å². The van der Waals surface area contributed by atoms with E-state index in [2.05, 4.69) is 23.2 Å². The normalized spacial score (nSPS) is 36.8. The summed E-state index contributed by atoms with van der Waals surface area (Å²) in [6.07, 6.45) is 10.4. The number of esters is 1. The molecule has 0 amide bonds. The standard InChI is InChI=1S/C14H17NO2S/c1-2-17-13(16)11-9-10-6-8-15-12-5-3-4-7-14(10,12)18-11/h3-5,7,10-11H,2,6,8-9H2,1H3. The number of thioether (sulfide) groups is 1. The molecule has 3 atom stereocenters. The van der Waals surface area contributed by atoms with E-state index in [1.54, 1.807) is 11.8 Å². The van der Waals surface area contributed by atoms with Gasteiger partial charge in [0, 0.05) is 6.54 Å². The first-order valence-electron chi connectivity index (χ1n) is 6.51. The summed E-state index contributed by atoms with van der Waals surface area (Å²) in [5.41, 5.74) is 1.14. The predicted molar refractivity (Wildman–Crippen MR) is 74.0 cm³/mol. The van der Waals surface area contributed by atoms with Crippen molar-refractivity contribution < 1.29 is 9.53 Å². The van der Waals surface area contributed by atoms with Crippen LogP contribution >= 0.6 is 11.8 Å². The molecule has 0 saturated carbocycles. The number of carbonyl (C=O) groups is 1. The number of ether oxygens (including phenoxy) is 1. The first-order chi connectivity index (χ1) is 8.76. The third kappa shape index (κ3) is 1.74. The molecular formula is C14H17NO2S. The summed E-state index contributed by atoms with van der Waals surface area (Å²) in [6.45, 7) is 3.21. The lowest BCUT2D eigenvalue weighted by Gasteiger charge is -2.36. The van der Waals surface area contributed by atoms with Crippen LogP contribution in [0.1, 0.15) is 19.8 Å². The number of hydrogen-bond acceptors (Lipinski definition) is 4. The maximum atomic E-state index is 11.9. The van der Waals surface area contributed by atoms with Crippen molar-refractivity contribution in [2.75, 3.05) is 13.2 Å². The maximum absolute atomic E-state index is 11.9. The van der Waals surface area contributed by atoms with Crippen molar-refractivity contribution in [3.05, 3.63) is 24.3 Å². The van der Waals surface area contributed by atoms with Crippen LogP contribution in [-0.4, -0.2) is 34.8 Å². The fourth-order valence-electron chi connectivity index (χ4n) is 3.05. The molecule has 0 aromatic carbocycles. The number of hydrogen-bond donors (Lipinski definition) is 0. The highest BCUT2D eigenvalue weighted by molar-refractivity contribution is 8.03. The monoisotopic (exact) mass is 263 g/mol. The van der Waals surface area contributed by atoms with Crippen LogP contribution in [0.2, 0.25) is 0 Å². The molecule has 3 aliphatic rings. The van der Waals surface area contributed by atoms with E-state index in [1.165, 1.54) is 0 Å². The van der Waals surface area contributed by atoms with Crippen LogP contribution in [0, 0.1) is 5.92 Å². The lowest BCUT2D eigenvalue weighted by Crippen LogP contribution is -2.41. The molecule has 0 bridgehead atoms. The molecule has 4 heteroatoms. The minimum absolute atomic E-state index is 0.0330. The number of aliphatic imine (C=N–C) groups is 1. The molecule has 1 aliphatic carbocycles. The molecule has 3 unspecified atom stereocenters. The second-order valence-electron chi connectivity index (χ2n) is 4.86. The van der Waals surface area contributed by atoms with Crippen LogP contribution < -0.4 is 0 Å². The van der Waals surface area contributed by atoms with Crippen molar-refractivity contribution in [2.45, 2.75) is 29.8 Å². The van der Waals surface area contributed by atoms with Gasteiger partial charge in [-0.3, -0.25) is 9.79 Å². The van der Waals surface area contributed by atoms with E-state index in [0.717, 1.165) is 25.1 Å². The van der Waals surface area contributed by atoms with Gasteiger partial charge in [0.15, 0.2) is 0 Å². The summed E-state index contributed by atoms with van der Waals surface area (Å²) in [7, 11) is 0. The van der Waals surface area contributed by atoms with E-state index in [9.17, 15) is 4.79 Å². The Morgan fingerprint density at radius 1 is 1.61 bits per heavy atom. The summed E-state index contributed by atoms with van der Waals surface area (Å²) < 4.78 is 5.10. The van der Waals surface area contributed by atoms with Gasteiger partial charge in [-0.2, -0.15) is 0 Å². The van der Waals surface area contributed by atoms with E-state index < -0.39 is 0 Å². The molecule has 1 fully saturated rings. The highest BCUT2D eigenvalue weighted by atomic mass is 32.2. The molecular weight excluding hydrogens is 246 g/mol. The molecule has 1 saturated heterocycles. The molecule has 18 heavy (non-hydrogen) atoms. The smallest absolute Gasteiger partial charge is 0.319 e. The molecule has 3 nitrogen and oxygen atoms in total. The Bertz CT molecular complexity index is 455. The van der Waals surface area contributed by atoms with Crippen LogP contribution in [0.3, 0.4) is 0 Å². The Hall–Kier alpha value is -1.03. The van der Waals surface area contributed by atoms with Gasteiger partial charge >= 0.3 is 5.97 Å². The van der Waals surface area contributed by atoms with Crippen molar-refractivity contribution in [1.29, 1.82) is 0 Å². The third-order valence-corrected chi connectivity index (χ3v) is 5.60. The van der Waals surface area contributed by atoms with Crippen LogP contribution in [0.15, 0.2) is 29.3 Å². The van der Waals surface area contributed by atoms with Gasteiger partial charge in [-0.1, -0.05) is 18.2 Å². The highest BCUT2D eigenvalue weighted by Gasteiger charge is 2.53. The van der Waals surface area contributed by atoms with Gasteiger partial charge in [0.05, 0.1) is 17.1 Å². The first kappa shape index (κ1) is 12.0. The van der Waals surface area contributed by atoms with Gasteiger partial charge in [-0.15, -0.1) is 11.8 Å². The highest BCUT2D eigenvalue weighted by Crippen LogP contribution is 2.53. The second kappa shape index (κ2) is 4.57. The van der Waals surface area contributed by atoms with Gasteiger partial charge in [-0.25, -0.2) is 0 Å². The molecule has 0 N–H and O–H groups in total. The van der Waals surface area contributed by atoms with Gasteiger partial charge in [0.2, 0.25) is 0 Å². The van der Waals surface area contributed by atoms with Crippen molar-refractivity contribution in [1.82, 2.24) is 0 Å². The SMILES string of the molecule is CCOC(=O)C1CC2CCN=C3C=CC=CC32S1. The van der Waals surface area contributed by atoms with Gasteiger partial charge in [0.1, 0.15) is 5.25 Å². The zero-order valence-corrected chi connectivity index (χ0v) is 11.3. The van der Waals surface area contributed by atoms with Crippen molar-refractivity contribution in [2.24, 2.45) is 10.9 Å². The fourth-order valence-corrected chi connectivity index (χ4v) is 4.83. The van der Waals surface area contributed by atoms with Crippen molar-refractivity contribution in [3.8, 4) is 0 Å². The second-order valence-corrected chi connectivity index (χ2v) is 6.34. The quantitative estimate of drug-likeness (QED) is 0.718. The van der Waals surface area contributed by atoms with Gasteiger partial charge in [0.25, 0.3) is 0 Å². The number of allylic oxidation sites excluding steroid dienone is 3. The topological polar surface area (TPSA) is 38.7 Å². The summed E-state index contributed by atoms with van der Waals surface area (Å²) in [5, 5.41) is -0.0330. The fraction of sp³-hybridized carbons (Fsp3) is 0.571. The summed E-state index contributed by atoms with van der Waals surface area (Å²) in [4.78, 5) is 16.6. The average molecular weight is 263 g/mol. The molecule has 2 heterocycles. The Morgan fingerprint density at radius 3 is 3.33 bits per heavy atom. The minimum Gasteiger partial charge on any atom is -0.465 e. The first-order valence-corrected chi connectivity index (χ1v) is 7.39. The average Bonchev–Trinajstić information content (AvgIpc) is 2.76. The number of carbonyl (C=O) groups excluding carboxylic acids is 1. The molecule has 0 aromatic heterocycles. The van der Waals surface area contributed by atoms with Crippen molar-refractivity contribution >= 4 is 23.4 Å². The minimum atomic E-state index is -0.0651. The Balaban J connectivity index is 1.87. The Labute approximate surface area is 111 Å². The summed E-state index contributed by atoms with van der Waals surface area (Å²) in [6, 6.07) is 0.